The van der Waals surface area contributed by atoms with Gasteiger partial charge in [-0.25, -0.2) is 0 Å². The molecule has 1 spiro atoms. The zero-order valence-corrected chi connectivity index (χ0v) is 52.1. The Hall–Kier alpha value is -12.0. The van der Waals surface area contributed by atoms with E-state index in [1.54, 1.807) is 0 Å². The lowest BCUT2D eigenvalue weighted by Gasteiger charge is -2.45. The lowest BCUT2D eigenvalue weighted by atomic mass is 9.70. The summed E-state index contributed by atoms with van der Waals surface area (Å²) < 4.78 is 0. The van der Waals surface area contributed by atoms with Crippen LogP contribution in [-0.4, -0.2) is 0 Å². The summed E-state index contributed by atoms with van der Waals surface area (Å²) in [6.07, 6.45) is 5.49. The van der Waals surface area contributed by atoms with Gasteiger partial charge in [-0.2, -0.15) is 0 Å². The first-order valence-electron chi connectivity index (χ1n) is 32.7. The van der Waals surface area contributed by atoms with Gasteiger partial charge in [-0.3, -0.25) is 0 Å². The van der Waals surface area contributed by atoms with Gasteiger partial charge in [-0.1, -0.05) is 243 Å². The van der Waals surface area contributed by atoms with Crippen molar-refractivity contribution in [1.82, 2.24) is 0 Å². The predicted molar refractivity (Wildman–Crippen MR) is 395 cm³/mol. The standard InChI is InChI=1S/C90H64N4/c1-89(57-25-33-65-29-17-21-45-81(65)89)94(69-40-12-5-13-41-69)73-52-56-80-79-55-51-72(93(68-38-10-4-11-39-68)88-48-24-32-64-28-16-20-44-76(64)88)60-84(79)90(85(80)61-73)82-58-70(91(66-34-6-2-7-35-66)86-46-22-30-62-26-14-18-42-74(62)86)49-53-77(82)78-54-50-71(59-83(78)90)92(67-36-8-3-9-37-67)87-47-23-31-63-27-15-19-43-75(63)87/h2-56,58-61H,57H2,1H3. The summed E-state index contributed by atoms with van der Waals surface area (Å²) in [7, 11) is 0. The van der Waals surface area contributed by atoms with Crippen LogP contribution in [-0.2, 0) is 11.0 Å². The second kappa shape index (κ2) is 22.2. The summed E-state index contributed by atoms with van der Waals surface area (Å²) in [5.41, 5.74) is 23.0. The van der Waals surface area contributed by atoms with Crippen LogP contribution in [0.4, 0.5) is 62.6 Å². The average molecular weight is 1200 g/mol. The van der Waals surface area contributed by atoms with E-state index < -0.39 is 11.0 Å². The van der Waals surface area contributed by atoms with Crippen molar-refractivity contribution in [2.24, 2.45) is 0 Å². The molecule has 0 bridgehead atoms. The van der Waals surface area contributed by atoms with Crippen LogP contribution in [0.2, 0.25) is 0 Å². The van der Waals surface area contributed by atoms with E-state index in [2.05, 4.69) is 384 Å². The molecule has 1 atom stereocenters. The largest absolute Gasteiger partial charge is 0.331 e. The highest BCUT2D eigenvalue weighted by Gasteiger charge is 2.53. The van der Waals surface area contributed by atoms with Crippen LogP contribution in [0.5, 0.6) is 0 Å². The third kappa shape index (κ3) is 8.60. The Morgan fingerprint density at radius 1 is 0.255 bits per heavy atom. The monoisotopic (exact) mass is 1200 g/mol. The fraction of sp³-hybridized carbons (Fsp3) is 0.0444. The van der Waals surface area contributed by atoms with E-state index in [-0.39, 0.29) is 0 Å². The van der Waals surface area contributed by atoms with Crippen LogP contribution in [0.3, 0.4) is 0 Å². The van der Waals surface area contributed by atoms with Crippen LogP contribution >= 0.6 is 0 Å². The van der Waals surface area contributed by atoms with Crippen molar-refractivity contribution >= 4 is 101 Å². The Morgan fingerprint density at radius 2 is 0.574 bits per heavy atom. The van der Waals surface area contributed by atoms with Gasteiger partial charge in [0.2, 0.25) is 0 Å². The Balaban J connectivity index is 0.971. The minimum Gasteiger partial charge on any atom is -0.331 e. The highest BCUT2D eigenvalue weighted by Crippen LogP contribution is 2.66. The van der Waals surface area contributed by atoms with E-state index in [1.807, 2.05) is 0 Å². The molecule has 0 amide bonds. The molecule has 0 aromatic heterocycles. The van der Waals surface area contributed by atoms with Gasteiger partial charge in [0.1, 0.15) is 0 Å². The number of para-hydroxylation sites is 4. The molecule has 0 saturated heterocycles. The molecule has 444 valence electrons. The van der Waals surface area contributed by atoms with Crippen molar-refractivity contribution in [2.75, 3.05) is 19.6 Å². The summed E-state index contributed by atoms with van der Waals surface area (Å²) >= 11 is 0. The van der Waals surface area contributed by atoms with Crippen molar-refractivity contribution in [1.29, 1.82) is 0 Å². The number of nitrogens with zero attached hydrogens (tertiary/aromatic N) is 4. The van der Waals surface area contributed by atoms with Gasteiger partial charge in [0, 0.05) is 61.7 Å². The number of hydrogen-bond acceptors (Lipinski definition) is 4. The lowest BCUT2D eigenvalue weighted by Crippen LogP contribution is -2.42. The first-order chi connectivity index (χ1) is 46.5. The third-order valence-corrected chi connectivity index (χ3v) is 20.2. The van der Waals surface area contributed by atoms with Gasteiger partial charge >= 0.3 is 0 Å². The highest BCUT2D eigenvalue weighted by molar-refractivity contribution is 6.05. The van der Waals surface area contributed by atoms with Crippen LogP contribution in [0.1, 0.15) is 46.7 Å². The van der Waals surface area contributed by atoms with Crippen LogP contribution in [0.25, 0.3) is 60.6 Å². The molecule has 0 aliphatic heterocycles. The normalized spacial score (nSPS) is 14.5. The van der Waals surface area contributed by atoms with E-state index in [1.165, 1.54) is 88.0 Å². The van der Waals surface area contributed by atoms with Gasteiger partial charge in [0.15, 0.2) is 0 Å². The smallest absolute Gasteiger partial charge is 0.0728 e. The second-order valence-electron chi connectivity index (χ2n) is 25.3. The molecule has 1 unspecified atom stereocenters. The van der Waals surface area contributed by atoms with Crippen LogP contribution in [0, 0.1) is 0 Å². The van der Waals surface area contributed by atoms with E-state index in [4.69, 9.17) is 0 Å². The van der Waals surface area contributed by atoms with Crippen molar-refractivity contribution in [3.05, 3.63) is 385 Å². The Bertz CT molecular complexity index is 5090. The summed E-state index contributed by atoms with van der Waals surface area (Å²) in [6.45, 7) is 2.44. The summed E-state index contributed by atoms with van der Waals surface area (Å²) in [5, 5.41) is 7.11. The molecular formula is C90H64N4. The molecule has 4 nitrogen and oxygen atoms in total. The van der Waals surface area contributed by atoms with Crippen LogP contribution < -0.4 is 19.6 Å². The Kier molecular flexibility index (Phi) is 12.9. The van der Waals surface area contributed by atoms with Gasteiger partial charge in [-0.05, 0) is 200 Å². The van der Waals surface area contributed by atoms with E-state index in [9.17, 15) is 0 Å². The topological polar surface area (TPSA) is 13.0 Å². The maximum atomic E-state index is 2.63. The summed E-state index contributed by atoms with van der Waals surface area (Å²) in [6, 6.07) is 129. The Morgan fingerprint density at radius 3 is 0.979 bits per heavy atom. The summed E-state index contributed by atoms with van der Waals surface area (Å²) in [4.78, 5) is 10.1. The molecule has 0 radical (unpaired) electrons. The highest BCUT2D eigenvalue weighted by atomic mass is 15.2. The molecule has 0 heterocycles. The first kappa shape index (κ1) is 54.9. The van der Waals surface area contributed by atoms with E-state index >= 15 is 0 Å². The van der Waals surface area contributed by atoms with Crippen molar-refractivity contribution < 1.29 is 0 Å². The van der Waals surface area contributed by atoms with Gasteiger partial charge in [0.25, 0.3) is 0 Å². The minimum absolute atomic E-state index is 0.462. The summed E-state index contributed by atoms with van der Waals surface area (Å²) in [5.74, 6) is 0. The molecule has 94 heavy (non-hydrogen) atoms. The molecule has 0 N–H and O–H groups in total. The number of fused-ring (bicyclic) bond motifs is 14. The third-order valence-electron chi connectivity index (χ3n) is 20.2. The minimum atomic E-state index is -0.912. The van der Waals surface area contributed by atoms with Crippen molar-refractivity contribution in [3.63, 3.8) is 0 Å². The molecule has 4 heteroatoms. The molecule has 3 aliphatic carbocycles. The molecular weight excluding hydrogens is 1140 g/mol. The number of anilines is 11. The van der Waals surface area contributed by atoms with Crippen molar-refractivity contribution in [3.8, 4) is 22.3 Å². The van der Waals surface area contributed by atoms with Gasteiger partial charge in [0.05, 0.1) is 28.0 Å². The SMILES string of the molecule is CC1(N(c2ccccc2)c2ccc3c(c2)C2(c4cc(N(c5ccccc5)c5cccc6ccccc56)ccc4-c4ccc(N(c5ccccc5)c5cccc6ccccc56)cc42)c2cc(N(c4ccccc4)c4cccc5ccccc45)ccc2-3)CC=Cc2ccccc21. The fourth-order valence-electron chi connectivity index (χ4n) is 16.1. The van der Waals surface area contributed by atoms with E-state index in [0.29, 0.717) is 0 Å². The Labute approximate surface area is 549 Å². The molecule has 0 saturated carbocycles. The number of hydrogen-bond donors (Lipinski definition) is 0. The molecule has 3 aliphatic rings. The van der Waals surface area contributed by atoms with Crippen LogP contribution in [0.15, 0.2) is 352 Å². The molecule has 0 fully saturated rings. The second-order valence-corrected chi connectivity index (χ2v) is 25.3. The lowest BCUT2D eigenvalue weighted by molar-refractivity contribution is 0.483. The number of benzene rings is 15. The quantitative estimate of drug-likeness (QED) is 0.121. The first-order valence-corrected chi connectivity index (χ1v) is 32.7. The van der Waals surface area contributed by atoms with E-state index in [0.717, 1.165) is 69.0 Å². The van der Waals surface area contributed by atoms with Crippen molar-refractivity contribution in [2.45, 2.75) is 24.3 Å². The molecule has 15 aromatic rings. The maximum absolute atomic E-state index is 2.63. The predicted octanol–water partition coefficient (Wildman–Crippen LogP) is 24.4. The van der Waals surface area contributed by atoms with Gasteiger partial charge < -0.3 is 19.6 Å². The zero-order valence-electron chi connectivity index (χ0n) is 52.1. The zero-order chi connectivity index (χ0) is 62.3. The molecule has 18 rings (SSSR count). The maximum Gasteiger partial charge on any atom is 0.0728 e. The fourth-order valence-corrected chi connectivity index (χ4v) is 16.1. The molecule has 15 aromatic carbocycles. The average Bonchev–Trinajstić information content (AvgIpc) is 1.50. The number of rotatable bonds is 12. The van der Waals surface area contributed by atoms with Gasteiger partial charge in [-0.15, -0.1) is 0 Å².